The average Bonchev–Trinajstić information content (AvgIpc) is 2.56. The fourth-order valence-corrected chi connectivity index (χ4v) is 2.51. The van der Waals surface area contributed by atoms with Gasteiger partial charge in [-0.1, -0.05) is 0 Å². The normalized spacial score (nSPS) is 17.1. The first-order valence-corrected chi connectivity index (χ1v) is 7.79. The first kappa shape index (κ1) is 20.5. The number of carboxylic acids is 2. The number of carbonyl (C=O) groups excluding carboxylic acids is 1. The molecule has 25 heavy (non-hydrogen) atoms. The number of nitrogens with zero attached hydrogens (tertiary/aromatic N) is 2. The van der Waals surface area contributed by atoms with Crippen LogP contribution in [0.2, 0.25) is 0 Å². The van der Waals surface area contributed by atoms with Gasteiger partial charge in [-0.05, 0) is 37.4 Å². The summed E-state index contributed by atoms with van der Waals surface area (Å²) in [4.78, 5) is 36.3. The Balaban J connectivity index is 0.000000450. The van der Waals surface area contributed by atoms with Crippen LogP contribution in [0.5, 0.6) is 0 Å². The van der Waals surface area contributed by atoms with E-state index in [9.17, 15) is 4.79 Å². The van der Waals surface area contributed by atoms with Gasteiger partial charge in [-0.3, -0.25) is 14.7 Å². The van der Waals surface area contributed by atoms with Crippen LogP contribution in [0.3, 0.4) is 0 Å². The molecule has 0 saturated carbocycles. The van der Waals surface area contributed by atoms with Crippen LogP contribution < -0.4 is 5.32 Å². The maximum absolute atomic E-state index is 11.9. The molecule has 0 aromatic carbocycles. The highest BCUT2D eigenvalue weighted by Gasteiger charge is 2.21. The lowest BCUT2D eigenvalue weighted by Gasteiger charge is -2.31. The summed E-state index contributed by atoms with van der Waals surface area (Å²) in [6.45, 7) is 3.14. The van der Waals surface area contributed by atoms with Crippen LogP contribution in [0.1, 0.15) is 12.8 Å². The number of hydrogen-bond donors (Lipinski definition) is 3. The largest absolute Gasteiger partial charge is 0.473 e. The van der Waals surface area contributed by atoms with Gasteiger partial charge in [0, 0.05) is 19.9 Å². The first-order valence-electron chi connectivity index (χ1n) is 7.79. The Bertz CT molecular complexity index is 552. The molecule has 2 rings (SSSR count). The van der Waals surface area contributed by atoms with Gasteiger partial charge in [-0.15, -0.1) is 0 Å². The van der Waals surface area contributed by atoms with Crippen LogP contribution in [0.25, 0.3) is 0 Å². The Morgan fingerprint density at radius 1 is 1.36 bits per heavy atom. The zero-order valence-electron chi connectivity index (χ0n) is 14.1. The molecule has 9 nitrogen and oxygen atoms in total. The number of amides is 1. The van der Waals surface area contributed by atoms with Gasteiger partial charge in [-0.25, -0.2) is 9.59 Å². The first-order chi connectivity index (χ1) is 11.9. The molecule has 1 aromatic rings. The molecule has 2 heterocycles. The van der Waals surface area contributed by atoms with Crippen LogP contribution in [-0.2, 0) is 19.1 Å². The topological polar surface area (TPSA) is 129 Å². The number of carboxylic acid groups (broad SMARTS) is 2. The number of ether oxygens (including phenoxy) is 1. The van der Waals surface area contributed by atoms with Crippen molar-refractivity contribution in [2.45, 2.75) is 12.8 Å². The molecule has 1 saturated heterocycles. The van der Waals surface area contributed by atoms with Crippen molar-refractivity contribution in [1.82, 2.24) is 9.88 Å². The van der Waals surface area contributed by atoms with E-state index in [0.717, 1.165) is 31.8 Å². The molecule has 0 spiro atoms. The summed E-state index contributed by atoms with van der Waals surface area (Å²) in [5.74, 6) is -3.08. The lowest BCUT2D eigenvalue weighted by molar-refractivity contribution is -0.159. The summed E-state index contributed by atoms with van der Waals surface area (Å²) in [7, 11) is 1.73. The van der Waals surface area contributed by atoms with Crippen molar-refractivity contribution < 1.29 is 29.3 Å². The number of piperidine rings is 1. The molecule has 0 radical (unpaired) electrons. The van der Waals surface area contributed by atoms with Gasteiger partial charge in [0.1, 0.15) is 0 Å². The molecule has 0 aliphatic carbocycles. The summed E-state index contributed by atoms with van der Waals surface area (Å²) >= 11 is 0. The van der Waals surface area contributed by atoms with E-state index in [2.05, 4.69) is 15.2 Å². The Morgan fingerprint density at radius 3 is 2.64 bits per heavy atom. The third-order valence-corrected chi connectivity index (χ3v) is 3.50. The zero-order chi connectivity index (χ0) is 18.7. The standard InChI is InChI=1S/C14H21N3O2.C2H2O4/c1-19-11-12-4-3-7-17(9-12)10-14(18)16-13-5-2-6-15-8-13;3-1(4)2(5)6/h2,5-6,8,12H,3-4,7,9-11H2,1H3,(H,16,18);(H,3,4)(H,5,6). The van der Waals surface area contributed by atoms with E-state index >= 15 is 0 Å². The maximum Gasteiger partial charge on any atom is 0.414 e. The summed E-state index contributed by atoms with van der Waals surface area (Å²) in [6, 6.07) is 3.65. The second-order valence-corrected chi connectivity index (χ2v) is 5.60. The fraction of sp³-hybridized carbons (Fsp3) is 0.500. The number of carbonyl (C=O) groups is 3. The van der Waals surface area contributed by atoms with E-state index < -0.39 is 11.9 Å². The van der Waals surface area contributed by atoms with Crippen LogP contribution in [0.4, 0.5) is 5.69 Å². The molecule has 1 aromatic heterocycles. The number of pyridine rings is 1. The number of aliphatic carboxylic acids is 2. The Hall–Kier alpha value is -2.52. The van der Waals surface area contributed by atoms with E-state index in [0.29, 0.717) is 12.5 Å². The molecule has 1 amide bonds. The van der Waals surface area contributed by atoms with Crippen LogP contribution in [0, 0.1) is 5.92 Å². The number of hydrogen-bond acceptors (Lipinski definition) is 6. The molecule has 1 aliphatic rings. The predicted molar refractivity (Wildman–Crippen MR) is 89.2 cm³/mol. The molecule has 1 aliphatic heterocycles. The van der Waals surface area contributed by atoms with Crippen LogP contribution >= 0.6 is 0 Å². The Labute approximate surface area is 145 Å². The SMILES string of the molecule is COCC1CCCN(CC(=O)Nc2cccnc2)C1.O=C(O)C(=O)O. The molecule has 9 heteroatoms. The molecule has 1 fully saturated rings. The highest BCUT2D eigenvalue weighted by molar-refractivity contribution is 6.27. The third kappa shape index (κ3) is 8.77. The van der Waals surface area contributed by atoms with Gasteiger partial charge in [0.2, 0.25) is 5.91 Å². The summed E-state index contributed by atoms with van der Waals surface area (Å²) in [5, 5.41) is 17.6. The molecule has 3 N–H and O–H groups in total. The molecular weight excluding hydrogens is 330 g/mol. The smallest absolute Gasteiger partial charge is 0.414 e. The minimum absolute atomic E-state index is 0.0195. The predicted octanol–water partition coefficient (Wildman–Crippen LogP) is 0.534. The van der Waals surface area contributed by atoms with Gasteiger partial charge in [0.05, 0.1) is 25.0 Å². The minimum atomic E-state index is -1.82. The summed E-state index contributed by atoms with van der Waals surface area (Å²) in [6.07, 6.45) is 5.67. The van der Waals surface area contributed by atoms with Crippen LogP contribution in [-0.4, -0.2) is 71.3 Å². The van der Waals surface area contributed by atoms with E-state index in [1.807, 2.05) is 12.1 Å². The number of likely N-dealkylation sites (tertiary alicyclic amines) is 1. The number of anilines is 1. The molecule has 0 bridgehead atoms. The highest BCUT2D eigenvalue weighted by Crippen LogP contribution is 2.16. The number of methoxy groups -OCH3 is 1. The number of nitrogens with one attached hydrogen (secondary N) is 1. The molecule has 138 valence electrons. The van der Waals surface area contributed by atoms with Gasteiger partial charge < -0.3 is 20.3 Å². The van der Waals surface area contributed by atoms with Crippen molar-refractivity contribution in [3.05, 3.63) is 24.5 Å². The Kier molecular flexibility index (Phi) is 9.12. The van der Waals surface area contributed by atoms with E-state index in [4.69, 9.17) is 24.5 Å². The van der Waals surface area contributed by atoms with E-state index in [1.165, 1.54) is 6.42 Å². The quantitative estimate of drug-likeness (QED) is 0.654. The summed E-state index contributed by atoms with van der Waals surface area (Å²) in [5.41, 5.74) is 0.748. The van der Waals surface area contributed by atoms with Crippen molar-refractivity contribution in [3.63, 3.8) is 0 Å². The van der Waals surface area contributed by atoms with E-state index in [-0.39, 0.29) is 5.91 Å². The fourth-order valence-electron chi connectivity index (χ4n) is 2.51. The monoisotopic (exact) mass is 353 g/mol. The third-order valence-electron chi connectivity index (χ3n) is 3.50. The number of rotatable bonds is 5. The van der Waals surface area contributed by atoms with Gasteiger partial charge in [-0.2, -0.15) is 0 Å². The van der Waals surface area contributed by atoms with Gasteiger partial charge in [0.25, 0.3) is 0 Å². The van der Waals surface area contributed by atoms with Gasteiger partial charge in [0.15, 0.2) is 0 Å². The van der Waals surface area contributed by atoms with Crippen LogP contribution in [0.15, 0.2) is 24.5 Å². The van der Waals surface area contributed by atoms with Crippen molar-refractivity contribution >= 4 is 23.5 Å². The summed E-state index contributed by atoms with van der Waals surface area (Å²) < 4.78 is 5.19. The number of aromatic nitrogens is 1. The molecule has 1 atom stereocenters. The van der Waals surface area contributed by atoms with E-state index in [1.54, 1.807) is 19.5 Å². The minimum Gasteiger partial charge on any atom is -0.473 e. The maximum atomic E-state index is 11.9. The van der Waals surface area contributed by atoms with Crippen molar-refractivity contribution in [3.8, 4) is 0 Å². The zero-order valence-corrected chi connectivity index (χ0v) is 14.1. The average molecular weight is 353 g/mol. The highest BCUT2D eigenvalue weighted by atomic mass is 16.5. The van der Waals surface area contributed by atoms with Gasteiger partial charge >= 0.3 is 11.9 Å². The second-order valence-electron chi connectivity index (χ2n) is 5.60. The van der Waals surface area contributed by atoms with Crippen molar-refractivity contribution in [1.29, 1.82) is 0 Å². The molecular formula is C16H23N3O6. The lowest BCUT2D eigenvalue weighted by atomic mass is 9.99. The Morgan fingerprint density at radius 2 is 2.08 bits per heavy atom. The van der Waals surface area contributed by atoms with Crippen molar-refractivity contribution in [2.24, 2.45) is 5.92 Å². The second kappa shape index (κ2) is 11.1. The molecule has 1 unspecified atom stereocenters. The van der Waals surface area contributed by atoms with Crippen molar-refractivity contribution in [2.75, 3.05) is 38.7 Å². The lowest BCUT2D eigenvalue weighted by Crippen LogP contribution is -2.41.